The van der Waals surface area contributed by atoms with Crippen LogP contribution in [0.15, 0.2) is 63.2 Å². The van der Waals surface area contributed by atoms with Crippen LogP contribution in [0.1, 0.15) is 5.89 Å². The smallest absolute Gasteiger partial charge is 0.277 e. The zero-order valence-corrected chi connectivity index (χ0v) is 13.1. The standard InChI is InChI=1S/C15H10N6O2S/c1-2-11(8-17-5-1)13-18-12(23-21-13)9-24-15-20-19-14(22-15)10-3-6-16-7-4-10/h1-8H,9H2. The van der Waals surface area contributed by atoms with E-state index in [0.29, 0.717) is 28.6 Å². The molecule has 0 aliphatic rings. The third-order valence-electron chi connectivity index (χ3n) is 3.04. The van der Waals surface area contributed by atoms with Gasteiger partial charge in [-0.25, -0.2) is 0 Å². The number of nitrogens with zero attached hydrogens (tertiary/aromatic N) is 6. The minimum absolute atomic E-state index is 0.433. The molecular weight excluding hydrogens is 328 g/mol. The van der Waals surface area contributed by atoms with E-state index in [9.17, 15) is 0 Å². The van der Waals surface area contributed by atoms with Crippen molar-refractivity contribution in [2.45, 2.75) is 11.0 Å². The number of pyridine rings is 2. The summed E-state index contributed by atoms with van der Waals surface area (Å²) >= 11 is 1.33. The third kappa shape index (κ3) is 3.15. The molecule has 0 spiro atoms. The highest BCUT2D eigenvalue weighted by molar-refractivity contribution is 7.98. The van der Waals surface area contributed by atoms with Gasteiger partial charge in [0.1, 0.15) is 0 Å². The van der Waals surface area contributed by atoms with Crippen LogP contribution in [-0.4, -0.2) is 30.3 Å². The number of hydrogen-bond acceptors (Lipinski definition) is 9. The summed E-state index contributed by atoms with van der Waals surface area (Å²) in [7, 11) is 0. The Kier molecular flexibility index (Phi) is 3.98. The molecule has 0 aliphatic carbocycles. The van der Waals surface area contributed by atoms with Crippen LogP contribution >= 0.6 is 11.8 Å². The summed E-state index contributed by atoms with van der Waals surface area (Å²) < 4.78 is 10.8. The fourth-order valence-corrected chi connectivity index (χ4v) is 2.53. The second-order valence-electron chi connectivity index (χ2n) is 4.65. The van der Waals surface area contributed by atoms with Gasteiger partial charge in [0.2, 0.25) is 17.6 Å². The second-order valence-corrected chi connectivity index (χ2v) is 5.58. The van der Waals surface area contributed by atoms with Gasteiger partial charge < -0.3 is 8.94 Å². The molecule has 0 amide bonds. The number of thioether (sulfide) groups is 1. The Hall–Kier alpha value is -3.07. The highest BCUT2D eigenvalue weighted by Gasteiger charge is 2.13. The van der Waals surface area contributed by atoms with E-state index in [0.717, 1.165) is 11.1 Å². The van der Waals surface area contributed by atoms with Crippen molar-refractivity contribution in [1.29, 1.82) is 0 Å². The van der Waals surface area contributed by atoms with Crippen molar-refractivity contribution in [1.82, 2.24) is 30.3 Å². The van der Waals surface area contributed by atoms with Crippen LogP contribution in [0.25, 0.3) is 22.8 Å². The molecule has 0 radical (unpaired) electrons. The lowest BCUT2D eigenvalue weighted by molar-refractivity contribution is 0.391. The molecule has 8 nitrogen and oxygen atoms in total. The molecule has 4 aromatic rings. The van der Waals surface area contributed by atoms with E-state index in [1.807, 2.05) is 12.1 Å². The summed E-state index contributed by atoms with van der Waals surface area (Å²) in [5.41, 5.74) is 1.62. The average molecular weight is 338 g/mol. The molecule has 0 saturated heterocycles. The second kappa shape index (κ2) is 6.59. The first-order valence-electron chi connectivity index (χ1n) is 6.98. The fraction of sp³-hybridized carbons (Fsp3) is 0.0667. The van der Waals surface area contributed by atoms with Gasteiger partial charge >= 0.3 is 0 Å². The van der Waals surface area contributed by atoms with Gasteiger partial charge in [-0.05, 0) is 24.3 Å². The van der Waals surface area contributed by atoms with E-state index in [1.54, 1.807) is 36.9 Å². The molecule has 24 heavy (non-hydrogen) atoms. The Morgan fingerprint density at radius 2 is 1.88 bits per heavy atom. The molecule has 0 atom stereocenters. The largest absolute Gasteiger partial charge is 0.411 e. The van der Waals surface area contributed by atoms with Gasteiger partial charge in [0.15, 0.2) is 0 Å². The van der Waals surface area contributed by atoms with E-state index in [1.165, 1.54) is 11.8 Å². The van der Waals surface area contributed by atoms with Crippen molar-refractivity contribution >= 4 is 11.8 Å². The molecule has 9 heteroatoms. The molecule has 0 fully saturated rings. The van der Waals surface area contributed by atoms with Crippen LogP contribution in [0.4, 0.5) is 0 Å². The summed E-state index contributed by atoms with van der Waals surface area (Å²) in [5, 5.41) is 12.4. The van der Waals surface area contributed by atoms with Crippen LogP contribution in [0.3, 0.4) is 0 Å². The van der Waals surface area contributed by atoms with Crippen molar-refractivity contribution in [3.8, 4) is 22.8 Å². The highest BCUT2D eigenvalue weighted by Crippen LogP contribution is 2.25. The van der Waals surface area contributed by atoms with Crippen molar-refractivity contribution in [3.05, 3.63) is 54.9 Å². The molecule has 0 N–H and O–H groups in total. The Labute approximate surface area is 140 Å². The summed E-state index contributed by atoms with van der Waals surface area (Å²) in [6, 6.07) is 7.30. The molecule has 4 heterocycles. The summed E-state index contributed by atoms with van der Waals surface area (Å²) in [5.74, 6) is 1.86. The molecule has 0 saturated carbocycles. The van der Waals surface area contributed by atoms with Crippen LogP contribution in [0.2, 0.25) is 0 Å². The normalized spacial score (nSPS) is 10.8. The maximum atomic E-state index is 5.60. The van der Waals surface area contributed by atoms with Crippen LogP contribution in [-0.2, 0) is 5.75 Å². The minimum Gasteiger partial charge on any atom is -0.411 e. The number of rotatable bonds is 5. The first-order chi connectivity index (χ1) is 11.9. The third-order valence-corrected chi connectivity index (χ3v) is 3.84. The first kappa shape index (κ1) is 14.5. The molecule has 0 aromatic carbocycles. The van der Waals surface area contributed by atoms with Crippen molar-refractivity contribution in [2.75, 3.05) is 0 Å². The lowest BCUT2D eigenvalue weighted by Crippen LogP contribution is -1.83. The molecule has 0 aliphatic heterocycles. The Bertz CT molecular complexity index is 848. The van der Waals surface area contributed by atoms with Crippen LogP contribution < -0.4 is 0 Å². The summed E-state index contributed by atoms with van der Waals surface area (Å²) in [4.78, 5) is 12.3. The quantitative estimate of drug-likeness (QED) is 0.508. The predicted octanol–water partition coefficient (Wildman–Crippen LogP) is 2.87. The summed E-state index contributed by atoms with van der Waals surface area (Å²) in [6.45, 7) is 0. The maximum Gasteiger partial charge on any atom is 0.277 e. The molecule has 0 unspecified atom stereocenters. The van der Waals surface area contributed by atoms with Gasteiger partial charge in [-0.2, -0.15) is 4.98 Å². The molecule has 0 bridgehead atoms. The number of aromatic nitrogens is 6. The van der Waals surface area contributed by atoms with Crippen molar-refractivity contribution in [2.24, 2.45) is 0 Å². The van der Waals surface area contributed by atoms with E-state index >= 15 is 0 Å². The summed E-state index contributed by atoms with van der Waals surface area (Å²) in [6.07, 6.45) is 6.71. The first-order valence-corrected chi connectivity index (χ1v) is 7.97. The zero-order valence-electron chi connectivity index (χ0n) is 12.2. The maximum absolute atomic E-state index is 5.60. The SMILES string of the molecule is c1cncc(-c2noc(CSc3nnc(-c4ccncc4)o3)n2)c1. The van der Waals surface area contributed by atoms with E-state index < -0.39 is 0 Å². The van der Waals surface area contributed by atoms with Gasteiger partial charge in [0.25, 0.3) is 5.22 Å². The minimum atomic E-state index is 0.433. The Morgan fingerprint density at radius 1 is 0.958 bits per heavy atom. The van der Waals surface area contributed by atoms with Crippen LogP contribution in [0, 0.1) is 0 Å². The van der Waals surface area contributed by atoms with E-state index in [2.05, 4.69) is 30.3 Å². The monoisotopic (exact) mass is 338 g/mol. The van der Waals surface area contributed by atoms with Gasteiger partial charge in [0, 0.05) is 35.9 Å². The number of hydrogen-bond donors (Lipinski definition) is 0. The predicted molar refractivity (Wildman–Crippen MR) is 84.6 cm³/mol. The van der Waals surface area contributed by atoms with Gasteiger partial charge in [-0.15, -0.1) is 10.2 Å². The van der Waals surface area contributed by atoms with Gasteiger partial charge in [-0.3, -0.25) is 9.97 Å². The van der Waals surface area contributed by atoms with Gasteiger partial charge in [-0.1, -0.05) is 16.9 Å². The molecule has 4 aromatic heterocycles. The van der Waals surface area contributed by atoms with E-state index in [4.69, 9.17) is 8.94 Å². The molecule has 118 valence electrons. The molecular formula is C15H10N6O2S. The Morgan fingerprint density at radius 3 is 2.71 bits per heavy atom. The van der Waals surface area contributed by atoms with Crippen molar-refractivity contribution in [3.63, 3.8) is 0 Å². The van der Waals surface area contributed by atoms with E-state index in [-0.39, 0.29) is 0 Å². The average Bonchev–Trinajstić information content (AvgIpc) is 3.31. The topological polar surface area (TPSA) is 104 Å². The fourth-order valence-electron chi connectivity index (χ4n) is 1.93. The molecule has 4 rings (SSSR count). The lowest BCUT2D eigenvalue weighted by Gasteiger charge is -1.92. The highest BCUT2D eigenvalue weighted by atomic mass is 32.2. The van der Waals surface area contributed by atoms with Crippen molar-refractivity contribution < 1.29 is 8.94 Å². The van der Waals surface area contributed by atoms with Gasteiger partial charge in [0.05, 0.1) is 5.75 Å². The van der Waals surface area contributed by atoms with Crippen LogP contribution in [0.5, 0.6) is 0 Å². The zero-order chi connectivity index (χ0) is 16.2. The Balaban J connectivity index is 1.43. The lowest BCUT2D eigenvalue weighted by atomic mass is 10.3.